The van der Waals surface area contributed by atoms with E-state index in [0.29, 0.717) is 11.7 Å². The van der Waals surface area contributed by atoms with Gasteiger partial charge in [-0.1, -0.05) is 12.1 Å². The molecule has 0 aliphatic carbocycles. The fourth-order valence-corrected chi connectivity index (χ4v) is 1.37. The topological polar surface area (TPSA) is 20.3 Å². The summed E-state index contributed by atoms with van der Waals surface area (Å²) in [6, 6.07) is 7.55. The highest BCUT2D eigenvalue weighted by atomic mass is 32.1. The van der Waals surface area contributed by atoms with Crippen LogP contribution in [0.3, 0.4) is 0 Å². The van der Waals surface area contributed by atoms with Gasteiger partial charge in [-0.25, -0.2) is 0 Å². The number of para-hydroxylation sites is 1. The van der Waals surface area contributed by atoms with Gasteiger partial charge in [0.15, 0.2) is 0 Å². The Labute approximate surface area is 70.3 Å². The Bertz CT molecular complexity index is 260. The lowest BCUT2D eigenvalue weighted by atomic mass is 10.3. The van der Waals surface area contributed by atoms with E-state index < -0.39 is 0 Å². The van der Waals surface area contributed by atoms with Crippen molar-refractivity contribution in [2.45, 2.75) is 4.90 Å². The normalized spacial score (nSPS) is 9.27. The van der Waals surface area contributed by atoms with Crippen LogP contribution in [0.1, 0.15) is 0 Å². The van der Waals surface area contributed by atoms with E-state index in [0.717, 1.165) is 10.6 Å². The molecule has 0 saturated carbocycles. The summed E-state index contributed by atoms with van der Waals surface area (Å²) < 4.78 is 10.5. The second-order valence-electron chi connectivity index (χ2n) is 2.45. The van der Waals surface area contributed by atoms with Gasteiger partial charge in [0.25, 0.3) is 0 Å². The number of rotatable bonds is 2. The van der Waals surface area contributed by atoms with Gasteiger partial charge < -0.3 is 4.90 Å². The van der Waals surface area contributed by atoms with Crippen molar-refractivity contribution in [2.24, 2.45) is 0 Å². The first-order chi connectivity index (χ1) is 5.25. The SMILES string of the molecule is CN(C)c1ccccc1[S+]=O. The van der Waals surface area contributed by atoms with Crippen LogP contribution in [0.4, 0.5) is 5.69 Å². The van der Waals surface area contributed by atoms with E-state index in [4.69, 9.17) is 0 Å². The zero-order valence-electron chi connectivity index (χ0n) is 6.57. The van der Waals surface area contributed by atoms with Gasteiger partial charge in [-0.05, 0) is 6.07 Å². The van der Waals surface area contributed by atoms with E-state index in [-0.39, 0.29) is 0 Å². The lowest BCUT2D eigenvalue weighted by Crippen LogP contribution is -2.09. The minimum absolute atomic E-state index is 0.532. The van der Waals surface area contributed by atoms with Crippen LogP contribution in [0, 0.1) is 0 Å². The number of hydrogen-bond donors (Lipinski definition) is 0. The van der Waals surface area contributed by atoms with Gasteiger partial charge in [0.05, 0.1) is 0 Å². The summed E-state index contributed by atoms with van der Waals surface area (Å²) in [6.07, 6.45) is 0. The second-order valence-corrected chi connectivity index (χ2v) is 3.05. The van der Waals surface area contributed by atoms with Crippen LogP contribution in [0.5, 0.6) is 0 Å². The molecule has 2 nitrogen and oxygen atoms in total. The van der Waals surface area contributed by atoms with Crippen molar-refractivity contribution >= 4 is 17.4 Å². The molecule has 0 aliphatic rings. The van der Waals surface area contributed by atoms with Crippen molar-refractivity contribution in [3.8, 4) is 0 Å². The molecule has 3 heteroatoms. The molecule has 0 heterocycles. The molecule has 0 spiro atoms. The van der Waals surface area contributed by atoms with Crippen LogP contribution in [0.2, 0.25) is 0 Å². The first-order valence-electron chi connectivity index (χ1n) is 3.32. The monoisotopic (exact) mass is 168 g/mol. The van der Waals surface area contributed by atoms with E-state index >= 15 is 0 Å². The largest absolute Gasteiger partial charge is 0.507 e. The molecular formula is C8H10NOS+. The maximum absolute atomic E-state index is 10.5. The van der Waals surface area contributed by atoms with Crippen LogP contribution in [-0.2, 0) is 15.9 Å². The molecule has 0 amide bonds. The zero-order chi connectivity index (χ0) is 8.27. The quantitative estimate of drug-likeness (QED) is 0.624. The Kier molecular flexibility index (Phi) is 2.54. The molecule has 0 aromatic heterocycles. The number of nitrogens with zero attached hydrogens (tertiary/aromatic N) is 1. The van der Waals surface area contributed by atoms with Gasteiger partial charge in [-0.15, -0.1) is 0 Å². The molecule has 0 saturated heterocycles. The number of anilines is 1. The minimum Gasteiger partial charge on any atom is -0.373 e. The molecule has 58 valence electrons. The van der Waals surface area contributed by atoms with Crippen molar-refractivity contribution < 1.29 is 4.21 Å². The summed E-state index contributed by atoms with van der Waals surface area (Å²) in [5.41, 5.74) is 0.979. The standard InChI is InChI=1S/C8H10NOS/c1-9(2)7-5-3-4-6-8(7)11-10/h3-6H,1-2H3/q+1. The maximum Gasteiger partial charge on any atom is 0.507 e. The lowest BCUT2D eigenvalue weighted by molar-refractivity contribution is 0.605. The molecule has 0 atom stereocenters. The average molecular weight is 168 g/mol. The number of benzene rings is 1. The van der Waals surface area contributed by atoms with E-state index in [2.05, 4.69) is 0 Å². The minimum atomic E-state index is 0.532. The smallest absolute Gasteiger partial charge is 0.373 e. The van der Waals surface area contributed by atoms with Gasteiger partial charge in [-0.3, -0.25) is 0 Å². The molecule has 1 aromatic rings. The second kappa shape index (κ2) is 3.44. The van der Waals surface area contributed by atoms with E-state index in [1.54, 1.807) is 0 Å². The fraction of sp³-hybridized carbons (Fsp3) is 0.250. The van der Waals surface area contributed by atoms with E-state index in [9.17, 15) is 4.21 Å². The number of hydrogen-bond acceptors (Lipinski definition) is 2. The summed E-state index contributed by atoms with van der Waals surface area (Å²) in [7, 11) is 3.85. The van der Waals surface area contributed by atoms with Crippen molar-refractivity contribution in [2.75, 3.05) is 19.0 Å². The molecule has 11 heavy (non-hydrogen) atoms. The molecule has 0 aliphatic heterocycles. The van der Waals surface area contributed by atoms with Crippen molar-refractivity contribution in [3.05, 3.63) is 24.3 Å². The Morgan fingerprint density at radius 1 is 1.27 bits per heavy atom. The molecule has 0 radical (unpaired) electrons. The van der Waals surface area contributed by atoms with Gasteiger partial charge in [0.1, 0.15) is 5.69 Å². The third-order valence-electron chi connectivity index (χ3n) is 1.44. The summed E-state index contributed by atoms with van der Waals surface area (Å²) >= 11 is 0.532. The molecule has 0 N–H and O–H groups in total. The van der Waals surface area contributed by atoms with E-state index in [1.165, 1.54) is 0 Å². The first-order valence-corrected chi connectivity index (χ1v) is 4.06. The molecular weight excluding hydrogens is 158 g/mol. The van der Waals surface area contributed by atoms with Crippen LogP contribution < -0.4 is 4.90 Å². The predicted octanol–water partition coefficient (Wildman–Crippen LogP) is 1.54. The zero-order valence-corrected chi connectivity index (χ0v) is 7.39. The van der Waals surface area contributed by atoms with Crippen molar-refractivity contribution in [1.29, 1.82) is 0 Å². The highest BCUT2D eigenvalue weighted by Crippen LogP contribution is 2.17. The molecule has 0 fully saturated rings. The summed E-state index contributed by atoms with van der Waals surface area (Å²) in [4.78, 5) is 2.71. The third kappa shape index (κ3) is 1.74. The van der Waals surface area contributed by atoms with Crippen LogP contribution in [0.15, 0.2) is 29.2 Å². The van der Waals surface area contributed by atoms with Crippen LogP contribution in [0.25, 0.3) is 0 Å². The Morgan fingerprint density at radius 2 is 1.91 bits per heavy atom. The fourth-order valence-electron chi connectivity index (χ4n) is 0.897. The molecule has 0 unspecified atom stereocenters. The molecule has 1 aromatic carbocycles. The Balaban J connectivity index is 3.12. The van der Waals surface area contributed by atoms with Crippen molar-refractivity contribution in [3.63, 3.8) is 0 Å². The van der Waals surface area contributed by atoms with Crippen LogP contribution in [-0.4, -0.2) is 14.1 Å². The molecule has 0 bridgehead atoms. The van der Waals surface area contributed by atoms with Gasteiger partial charge in [-0.2, -0.15) is 0 Å². The van der Waals surface area contributed by atoms with E-state index in [1.807, 2.05) is 43.3 Å². The first kappa shape index (κ1) is 8.14. The summed E-state index contributed by atoms with van der Waals surface area (Å²) in [5.74, 6) is 0. The third-order valence-corrected chi connectivity index (χ3v) is 1.96. The van der Waals surface area contributed by atoms with Gasteiger partial charge in [0.2, 0.25) is 0 Å². The maximum atomic E-state index is 10.5. The summed E-state index contributed by atoms with van der Waals surface area (Å²) in [5, 5.41) is 0. The lowest BCUT2D eigenvalue weighted by Gasteiger charge is -2.08. The Hall–Kier alpha value is -0.960. The highest BCUT2D eigenvalue weighted by molar-refractivity contribution is 7.65. The summed E-state index contributed by atoms with van der Waals surface area (Å²) in [6.45, 7) is 0. The Morgan fingerprint density at radius 3 is 2.36 bits per heavy atom. The average Bonchev–Trinajstić information content (AvgIpc) is 2.04. The predicted molar refractivity (Wildman–Crippen MR) is 47.1 cm³/mol. The van der Waals surface area contributed by atoms with Gasteiger partial charge >= 0.3 is 16.6 Å². The van der Waals surface area contributed by atoms with Crippen molar-refractivity contribution in [1.82, 2.24) is 0 Å². The van der Waals surface area contributed by atoms with Gasteiger partial charge in [0, 0.05) is 24.4 Å². The highest BCUT2D eigenvalue weighted by Gasteiger charge is 2.13. The molecule has 1 rings (SSSR count). The van der Waals surface area contributed by atoms with Crippen LogP contribution >= 0.6 is 0 Å².